The van der Waals surface area contributed by atoms with E-state index in [-0.39, 0.29) is 6.42 Å². The first-order valence-corrected chi connectivity index (χ1v) is 3.81. The first-order chi connectivity index (χ1) is 6.00. The van der Waals surface area contributed by atoms with Gasteiger partial charge in [-0.2, -0.15) is 4.99 Å². The van der Waals surface area contributed by atoms with Crippen molar-refractivity contribution in [2.24, 2.45) is 4.99 Å². The van der Waals surface area contributed by atoms with E-state index in [0.717, 1.165) is 0 Å². The van der Waals surface area contributed by atoms with Gasteiger partial charge >= 0.3 is 5.97 Å². The summed E-state index contributed by atoms with van der Waals surface area (Å²) >= 11 is 0. The van der Waals surface area contributed by atoms with Gasteiger partial charge in [0.05, 0.1) is 6.42 Å². The second-order valence-corrected chi connectivity index (χ2v) is 2.87. The van der Waals surface area contributed by atoms with E-state index in [0.29, 0.717) is 5.84 Å². The zero-order valence-electron chi connectivity index (χ0n) is 7.44. The van der Waals surface area contributed by atoms with Crippen molar-refractivity contribution in [1.29, 1.82) is 0 Å². The first-order valence-electron chi connectivity index (χ1n) is 3.81. The average molecular weight is 185 g/mol. The zero-order chi connectivity index (χ0) is 10.0. The number of likely N-dealkylation sites (N-methyl/N-ethyl adjacent to an activating group) is 1. The summed E-state index contributed by atoms with van der Waals surface area (Å²) in [5.41, 5.74) is 2.76. The number of carboxylic acids is 1. The minimum absolute atomic E-state index is 0.237. The van der Waals surface area contributed by atoms with E-state index in [2.05, 4.69) is 10.4 Å². The molecule has 1 heterocycles. The maximum Gasteiger partial charge on any atom is 0.305 e. The van der Waals surface area contributed by atoms with Crippen molar-refractivity contribution in [1.82, 2.24) is 10.4 Å². The fraction of sp³-hybridized carbons (Fsp3) is 0.571. The number of nitrogens with zero attached hydrogens (tertiary/aromatic N) is 2. The molecule has 0 saturated heterocycles. The predicted octanol–water partition coefficient (Wildman–Crippen LogP) is -0.775. The van der Waals surface area contributed by atoms with Crippen molar-refractivity contribution < 1.29 is 14.7 Å². The van der Waals surface area contributed by atoms with Crippen LogP contribution in [0.1, 0.15) is 13.3 Å². The highest BCUT2D eigenvalue weighted by atomic mass is 16.4. The Hall–Kier alpha value is -1.43. The van der Waals surface area contributed by atoms with E-state index in [1.807, 2.05) is 0 Å². The molecule has 72 valence electrons. The summed E-state index contributed by atoms with van der Waals surface area (Å²) in [4.78, 5) is 25.2. The van der Waals surface area contributed by atoms with Crippen LogP contribution in [0.15, 0.2) is 4.99 Å². The van der Waals surface area contributed by atoms with Crippen LogP contribution in [0.5, 0.6) is 0 Å². The number of amides is 1. The van der Waals surface area contributed by atoms with Gasteiger partial charge in [-0.05, 0) is 6.92 Å². The van der Waals surface area contributed by atoms with Crippen LogP contribution >= 0.6 is 0 Å². The molecule has 6 nitrogen and oxygen atoms in total. The van der Waals surface area contributed by atoms with E-state index < -0.39 is 17.9 Å². The third-order valence-corrected chi connectivity index (χ3v) is 1.74. The molecule has 1 aliphatic heterocycles. The molecule has 0 bridgehead atoms. The van der Waals surface area contributed by atoms with Crippen molar-refractivity contribution >= 4 is 17.7 Å². The molecule has 0 fully saturated rings. The molecule has 0 aromatic heterocycles. The fourth-order valence-electron chi connectivity index (χ4n) is 1.15. The number of rotatable bonds is 2. The molecule has 0 aliphatic carbocycles. The third kappa shape index (κ3) is 2.25. The number of aliphatic imine (C=N–C) groups is 1. The zero-order valence-corrected chi connectivity index (χ0v) is 7.44. The van der Waals surface area contributed by atoms with Gasteiger partial charge in [-0.25, -0.2) is 5.01 Å². The summed E-state index contributed by atoms with van der Waals surface area (Å²) in [6.07, 6.45) is -0.237. The number of hydrogen-bond acceptors (Lipinski definition) is 4. The van der Waals surface area contributed by atoms with Crippen LogP contribution in [0.4, 0.5) is 0 Å². The number of aliphatic carboxylic acids is 1. The molecule has 0 aromatic carbocycles. The number of carbonyl (C=O) groups excluding carboxylic acids is 1. The molecule has 0 aromatic rings. The molecule has 6 heteroatoms. The molecule has 1 rings (SSSR count). The molecule has 0 radical (unpaired) electrons. The highest BCUT2D eigenvalue weighted by molar-refractivity contribution is 5.98. The molecule has 13 heavy (non-hydrogen) atoms. The van der Waals surface area contributed by atoms with E-state index in [1.165, 1.54) is 5.01 Å². The lowest BCUT2D eigenvalue weighted by atomic mass is 10.2. The van der Waals surface area contributed by atoms with Crippen LogP contribution in [0.3, 0.4) is 0 Å². The lowest BCUT2D eigenvalue weighted by molar-refractivity contribution is -0.141. The van der Waals surface area contributed by atoms with E-state index >= 15 is 0 Å². The summed E-state index contributed by atoms with van der Waals surface area (Å²) in [6.45, 7) is 1.64. The molecule has 0 saturated carbocycles. The molecular formula is C7H11N3O3. The summed E-state index contributed by atoms with van der Waals surface area (Å²) in [6, 6.07) is -0.707. The van der Waals surface area contributed by atoms with Crippen LogP contribution < -0.4 is 5.43 Å². The van der Waals surface area contributed by atoms with Gasteiger partial charge in [0.25, 0.3) is 5.91 Å². The maximum atomic E-state index is 11.2. The predicted molar refractivity (Wildman–Crippen MR) is 45.1 cm³/mol. The van der Waals surface area contributed by atoms with Crippen LogP contribution in [0.2, 0.25) is 0 Å². The van der Waals surface area contributed by atoms with E-state index in [1.54, 1.807) is 14.0 Å². The highest BCUT2D eigenvalue weighted by Crippen LogP contribution is 2.06. The minimum Gasteiger partial charge on any atom is -0.481 e. The second-order valence-electron chi connectivity index (χ2n) is 2.87. The molecule has 1 aliphatic rings. The molecule has 0 spiro atoms. The standard InChI is InChI=1S/C7H11N3O3/c1-4-8-7(13)5(3-6(11)12)10(2)9-4/h5H,3H2,1-2H3,(H,11,12)(H,8,9,13). The SMILES string of the molecule is CC1=NC(=O)C(CC(=O)O)N(C)N1. The van der Waals surface area contributed by atoms with Gasteiger partial charge in [0.15, 0.2) is 0 Å². The maximum absolute atomic E-state index is 11.2. The second kappa shape index (κ2) is 3.53. The number of nitrogens with one attached hydrogen (secondary N) is 1. The van der Waals surface area contributed by atoms with Crippen molar-refractivity contribution in [2.75, 3.05) is 7.05 Å². The number of carbonyl (C=O) groups is 2. The Bertz CT molecular complexity index is 274. The van der Waals surface area contributed by atoms with E-state index in [9.17, 15) is 9.59 Å². The quantitative estimate of drug-likeness (QED) is 0.590. The summed E-state index contributed by atoms with van der Waals surface area (Å²) < 4.78 is 0. The lowest BCUT2D eigenvalue weighted by Crippen LogP contribution is -2.53. The van der Waals surface area contributed by atoms with Crippen LogP contribution in [0, 0.1) is 0 Å². The molecule has 1 amide bonds. The minimum atomic E-state index is -1.01. The van der Waals surface area contributed by atoms with Crippen molar-refractivity contribution in [3.05, 3.63) is 0 Å². The number of carboxylic acid groups (broad SMARTS) is 1. The summed E-state index contributed by atoms with van der Waals surface area (Å²) in [5, 5.41) is 9.97. The Morgan fingerprint density at radius 2 is 2.38 bits per heavy atom. The molecule has 1 unspecified atom stereocenters. The van der Waals surface area contributed by atoms with Gasteiger partial charge in [-0.1, -0.05) is 0 Å². The Kier molecular flexibility index (Phi) is 2.62. The van der Waals surface area contributed by atoms with Gasteiger partial charge < -0.3 is 10.5 Å². The molecular weight excluding hydrogens is 174 g/mol. The summed E-state index contributed by atoms with van der Waals surface area (Å²) in [7, 11) is 1.61. The van der Waals surface area contributed by atoms with Gasteiger partial charge in [0, 0.05) is 7.05 Å². The van der Waals surface area contributed by atoms with Gasteiger partial charge in [0.1, 0.15) is 11.9 Å². The van der Waals surface area contributed by atoms with Gasteiger partial charge in [-0.3, -0.25) is 9.59 Å². The third-order valence-electron chi connectivity index (χ3n) is 1.74. The van der Waals surface area contributed by atoms with Crippen molar-refractivity contribution in [3.63, 3.8) is 0 Å². The van der Waals surface area contributed by atoms with E-state index in [4.69, 9.17) is 5.11 Å². The highest BCUT2D eigenvalue weighted by Gasteiger charge is 2.29. The number of hydrazine groups is 1. The van der Waals surface area contributed by atoms with Crippen molar-refractivity contribution in [3.8, 4) is 0 Å². The van der Waals surface area contributed by atoms with Crippen molar-refractivity contribution in [2.45, 2.75) is 19.4 Å². The Balaban J connectivity index is 2.74. The van der Waals surface area contributed by atoms with Crippen LogP contribution in [-0.2, 0) is 9.59 Å². The summed E-state index contributed by atoms with van der Waals surface area (Å²) in [5.74, 6) is -0.947. The normalized spacial score (nSPS) is 23.7. The van der Waals surface area contributed by atoms with Crippen LogP contribution in [0.25, 0.3) is 0 Å². The topological polar surface area (TPSA) is 82.0 Å². The Labute approximate surface area is 75.2 Å². The Morgan fingerprint density at radius 1 is 1.77 bits per heavy atom. The smallest absolute Gasteiger partial charge is 0.305 e. The fourth-order valence-corrected chi connectivity index (χ4v) is 1.15. The molecule has 2 N–H and O–H groups in total. The Morgan fingerprint density at radius 3 is 2.85 bits per heavy atom. The number of amidine groups is 1. The van der Waals surface area contributed by atoms with Gasteiger partial charge in [-0.15, -0.1) is 0 Å². The monoisotopic (exact) mass is 185 g/mol. The lowest BCUT2D eigenvalue weighted by Gasteiger charge is -2.29. The first kappa shape index (κ1) is 9.66. The average Bonchev–Trinajstić information content (AvgIpc) is 1.96. The number of hydrogen-bond donors (Lipinski definition) is 2. The van der Waals surface area contributed by atoms with Crippen LogP contribution in [-0.4, -0.2) is 40.9 Å². The largest absolute Gasteiger partial charge is 0.481 e. The van der Waals surface area contributed by atoms with Gasteiger partial charge in [0.2, 0.25) is 0 Å². The molecule has 1 atom stereocenters.